The molecule has 10 heteroatoms. The molecule has 1 heterocycles. The van der Waals surface area contributed by atoms with Gasteiger partial charge in [-0.1, -0.05) is 0 Å². The first-order valence-electron chi connectivity index (χ1n) is 4.85. The van der Waals surface area contributed by atoms with Gasteiger partial charge in [0, 0.05) is 5.69 Å². The second-order valence-electron chi connectivity index (χ2n) is 3.43. The molecule has 0 spiro atoms. The third-order valence-corrected chi connectivity index (χ3v) is 3.01. The minimum Gasteiger partial charge on any atom is -0.398 e. The summed E-state index contributed by atoms with van der Waals surface area (Å²) in [6.45, 7) is 0. The molecule has 0 atom stereocenters. The van der Waals surface area contributed by atoms with Crippen molar-refractivity contribution < 1.29 is 17.4 Å². The van der Waals surface area contributed by atoms with Crippen LogP contribution in [0.4, 0.5) is 21.7 Å². The Bertz CT molecular complexity index is 722. The first-order chi connectivity index (χ1) is 8.86. The molecule has 1 aromatic carbocycles. The van der Waals surface area contributed by atoms with E-state index < -0.39 is 21.1 Å². The number of nitrogens with zero attached hydrogens (tertiary/aromatic N) is 3. The molecule has 4 N–H and O–H groups in total. The quantitative estimate of drug-likeness (QED) is 0.551. The lowest BCUT2D eigenvalue weighted by molar-refractivity contribution is 0.483. The van der Waals surface area contributed by atoms with Gasteiger partial charge in [0.1, 0.15) is 11.2 Å². The first kappa shape index (κ1) is 13.1. The van der Waals surface area contributed by atoms with E-state index in [-0.39, 0.29) is 11.6 Å². The second-order valence-corrected chi connectivity index (χ2v) is 4.82. The van der Waals surface area contributed by atoms with Crippen LogP contribution in [0.2, 0.25) is 0 Å². The summed E-state index contributed by atoms with van der Waals surface area (Å²) in [7, 11) is -4.38. The van der Waals surface area contributed by atoms with Crippen LogP contribution in [0.1, 0.15) is 0 Å². The second kappa shape index (κ2) is 4.74. The van der Waals surface area contributed by atoms with Crippen LogP contribution in [0.25, 0.3) is 0 Å². The normalized spacial score (nSPS) is 11.3. The number of hydrogen-bond donors (Lipinski definition) is 3. The highest BCUT2D eigenvalue weighted by molar-refractivity contribution is 7.86. The van der Waals surface area contributed by atoms with Crippen LogP contribution >= 0.6 is 0 Å². The van der Waals surface area contributed by atoms with E-state index in [1.807, 2.05) is 0 Å². The van der Waals surface area contributed by atoms with Gasteiger partial charge in [0.25, 0.3) is 10.1 Å². The van der Waals surface area contributed by atoms with E-state index in [1.54, 1.807) is 0 Å². The van der Waals surface area contributed by atoms with Gasteiger partial charge in [0.15, 0.2) is 0 Å². The third kappa shape index (κ3) is 3.11. The van der Waals surface area contributed by atoms with Gasteiger partial charge in [-0.3, -0.25) is 4.55 Å². The lowest BCUT2D eigenvalue weighted by atomic mass is 10.3. The molecule has 0 saturated heterocycles. The summed E-state index contributed by atoms with van der Waals surface area (Å²) in [6, 6.07) is 3.66. The molecule has 1 aromatic heterocycles. The zero-order valence-corrected chi connectivity index (χ0v) is 10.1. The molecule has 0 amide bonds. The number of anilines is 3. The lowest BCUT2D eigenvalue weighted by Crippen LogP contribution is -2.05. The van der Waals surface area contributed by atoms with Crippen LogP contribution in [0.15, 0.2) is 29.4 Å². The zero-order valence-electron chi connectivity index (χ0n) is 9.28. The highest BCUT2D eigenvalue weighted by atomic mass is 32.2. The topological polar surface area (TPSA) is 131 Å². The first-order valence-corrected chi connectivity index (χ1v) is 6.29. The summed E-state index contributed by atoms with van der Waals surface area (Å²) >= 11 is 0. The van der Waals surface area contributed by atoms with Gasteiger partial charge >= 0.3 is 6.08 Å². The average molecular weight is 285 g/mol. The molecule has 19 heavy (non-hydrogen) atoms. The number of benzene rings is 1. The van der Waals surface area contributed by atoms with Crippen LogP contribution in [-0.2, 0) is 10.1 Å². The standard InChI is InChI=1S/C9H8FN5O3S/c10-8-12-4-13-9(15-8)14-5-1-2-7(6(11)3-5)19(16,17)18/h1-4H,11H2,(H,16,17,18)(H,12,13,14,15). The molecule has 0 aliphatic carbocycles. The van der Waals surface area contributed by atoms with Crippen molar-refractivity contribution >= 4 is 27.4 Å². The largest absolute Gasteiger partial charge is 0.398 e. The van der Waals surface area contributed by atoms with Crippen molar-refractivity contribution in [1.29, 1.82) is 0 Å². The van der Waals surface area contributed by atoms with Gasteiger partial charge in [0.2, 0.25) is 5.95 Å². The molecule has 0 fully saturated rings. The van der Waals surface area contributed by atoms with E-state index in [9.17, 15) is 12.8 Å². The summed E-state index contributed by atoms with van der Waals surface area (Å²) in [4.78, 5) is 9.78. The van der Waals surface area contributed by atoms with Crippen molar-refractivity contribution in [2.45, 2.75) is 4.90 Å². The maximum atomic E-state index is 12.7. The van der Waals surface area contributed by atoms with Gasteiger partial charge in [-0.05, 0) is 18.2 Å². The molecule has 0 bridgehead atoms. The molecule has 8 nitrogen and oxygen atoms in total. The SMILES string of the molecule is Nc1cc(Nc2ncnc(F)n2)ccc1S(=O)(=O)O. The minimum absolute atomic E-state index is 0.0634. The summed E-state index contributed by atoms with van der Waals surface area (Å²) in [5.41, 5.74) is 5.65. The number of rotatable bonds is 3. The number of nitrogens with two attached hydrogens (primary N) is 1. The number of nitrogens with one attached hydrogen (secondary N) is 1. The minimum atomic E-state index is -4.38. The Labute approximate surface area is 107 Å². The van der Waals surface area contributed by atoms with Gasteiger partial charge in [-0.25, -0.2) is 4.98 Å². The lowest BCUT2D eigenvalue weighted by Gasteiger charge is -2.07. The Morgan fingerprint density at radius 1 is 1.32 bits per heavy atom. The Kier molecular flexibility index (Phi) is 3.27. The monoisotopic (exact) mass is 285 g/mol. The number of aromatic nitrogens is 3. The summed E-state index contributed by atoms with van der Waals surface area (Å²) in [5.74, 6) is -0.0634. The smallest absolute Gasteiger partial charge is 0.313 e. The van der Waals surface area contributed by atoms with Gasteiger partial charge in [-0.2, -0.15) is 22.8 Å². The fourth-order valence-electron chi connectivity index (χ4n) is 1.33. The van der Waals surface area contributed by atoms with E-state index in [4.69, 9.17) is 10.3 Å². The molecule has 0 unspecified atom stereocenters. The summed E-state index contributed by atoms with van der Waals surface area (Å²) in [6.07, 6.45) is 0.0145. The van der Waals surface area contributed by atoms with Crippen LogP contribution < -0.4 is 11.1 Å². The highest BCUT2D eigenvalue weighted by Gasteiger charge is 2.14. The van der Waals surface area contributed by atoms with Crippen LogP contribution in [0.5, 0.6) is 0 Å². The van der Waals surface area contributed by atoms with Crippen LogP contribution in [0, 0.1) is 6.08 Å². The summed E-state index contributed by atoms with van der Waals surface area (Å²) < 4.78 is 43.5. The maximum absolute atomic E-state index is 12.7. The van der Waals surface area contributed by atoms with E-state index in [2.05, 4.69) is 20.3 Å². The van der Waals surface area contributed by atoms with Crippen LogP contribution in [-0.4, -0.2) is 27.9 Å². The van der Waals surface area contributed by atoms with Gasteiger partial charge < -0.3 is 11.1 Å². The molecular formula is C9H8FN5O3S. The molecule has 2 aromatic rings. The van der Waals surface area contributed by atoms with Crippen LogP contribution in [0.3, 0.4) is 0 Å². The van der Waals surface area contributed by atoms with Crippen molar-refractivity contribution in [3.63, 3.8) is 0 Å². The molecule has 0 aliphatic heterocycles. The third-order valence-electron chi connectivity index (χ3n) is 2.09. The number of halogens is 1. The summed E-state index contributed by atoms with van der Waals surface area (Å²) in [5, 5.41) is 2.61. The average Bonchev–Trinajstić information content (AvgIpc) is 2.27. The number of hydrogen-bond acceptors (Lipinski definition) is 7. The molecule has 2 rings (SSSR count). The van der Waals surface area contributed by atoms with Crippen molar-refractivity contribution in [3.05, 3.63) is 30.6 Å². The molecule has 0 aliphatic rings. The Morgan fingerprint density at radius 2 is 2.05 bits per heavy atom. The molecule has 0 radical (unpaired) electrons. The Morgan fingerprint density at radius 3 is 2.63 bits per heavy atom. The Hall–Kier alpha value is -2.33. The molecule has 100 valence electrons. The van der Waals surface area contributed by atoms with E-state index in [0.29, 0.717) is 5.69 Å². The zero-order chi connectivity index (χ0) is 14.0. The predicted molar refractivity (Wildman–Crippen MR) is 63.7 cm³/mol. The van der Waals surface area contributed by atoms with E-state index in [0.717, 1.165) is 12.4 Å². The van der Waals surface area contributed by atoms with Crippen molar-refractivity contribution in [2.24, 2.45) is 0 Å². The predicted octanol–water partition coefficient (Wildman–Crippen LogP) is 0.583. The molecule has 0 saturated carbocycles. The molecular weight excluding hydrogens is 277 g/mol. The number of nitrogen functional groups attached to an aromatic ring is 1. The highest BCUT2D eigenvalue weighted by Crippen LogP contribution is 2.23. The maximum Gasteiger partial charge on any atom is 0.313 e. The Balaban J connectivity index is 2.31. The van der Waals surface area contributed by atoms with Crippen molar-refractivity contribution in [2.75, 3.05) is 11.1 Å². The fourth-order valence-corrected chi connectivity index (χ4v) is 1.92. The van der Waals surface area contributed by atoms with Gasteiger partial charge in [0.05, 0.1) is 5.69 Å². The van der Waals surface area contributed by atoms with Crippen molar-refractivity contribution in [3.8, 4) is 0 Å². The van der Waals surface area contributed by atoms with Gasteiger partial charge in [-0.15, -0.1) is 0 Å². The fraction of sp³-hybridized carbons (Fsp3) is 0. The van der Waals surface area contributed by atoms with E-state index in [1.165, 1.54) is 12.1 Å². The van der Waals surface area contributed by atoms with E-state index >= 15 is 0 Å². The van der Waals surface area contributed by atoms with Crippen molar-refractivity contribution in [1.82, 2.24) is 15.0 Å².